The number of unbranched alkanes of at least 4 members (excludes halogenated alkanes) is 1. The molecule has 0 aliphatic heterocycles. The van der Waals surface area contributed by atoms with E-state index in [0.717, 1.165) is 59.3 Å². The minimum absolute atomic E-state index is 0.0390. The summed E-state index contributed by atoms with van der Waals surface area (Å²) in [6, 6.07) is 15.0. The van der Waals surface area contributed by atoms with Crippen LogP contribution in [0.3, 0.4) is 0 Å². The zero-order valence-electron chi connectivity index (χ0n) is 30.2. The molecule has 4 aromatic rings. The summed E-state index contributed by atoms with van der Waals surface area (Å²) >= 11 is 0. The molecule has 0 radical (unpaired) electrons. The Bertz CT molecular complexity index is 1760. The number of hydrogen-bond acceptors (Lipinski definition) is 6. The van der Waals surface area contributed by atoms with Crippen LogP contribution in [0.1, 0.15) is 96.2 Å². The van der Waals surface area contributed by atoms with Gasteiger partial charge in [0.25, 0.3) is 0 Å². The molecule has 0 amide bonds. The van der Waals surface area contributed by atoms with Crippen LogP contribution < -0.4 is 32.9 Å². The molecule has 0 spiro atoms. The van der Waals surface area contributed by atoms with E-state index in [1.165, 1.54) is 12.1 Å². The highest BCUT2D eigenvalue weighted by Gasteiger charge is 2.31. The minimum atomic E-state index is -4.66. The van der Waals surface area contributed by atoms with Crippen LogP contribution in [-0.4, -0.2) is 46.5 Å². The van der Waals surface area contributed by atoms with Gasteiger partial charge in [0.05, 0.1) is 5.69 Å². The number of aryl methyl sites for hydroxylation is 1. The number of fused-ring (bicyclic) bond motifs is 1. The highest BCUT2D eigenvalue weighted by molar-refractivity contribution is 5.76. The molecule has 2 aromatic heterocycles. The number of benzene rings is 2. The molecule has 2 heterocycles. The van der Waals surface area contributed by atoms with Gasteiger partial charge in [0.2, 0.25) is 0 Å². The summed E-state index contributed by atoms with van der Waals surface area (Å²) in [6.07, 6.45) is 0.455. The average molecular weight is 699 g/mol. The molecule has 50 heavy (non-hydrogen) atoms. The average Bonchev–Trinajstić information content (AvgIpc) is 3.43. The first-order chi connectivity index (χ1) is 23.3. The van der Waals surface area contributed by atoms with Gasteiger partial charge in [0.15, 0.2) is 5.96 Å². The van der Waals surface area contributed by atoms with Gasteiger partial charge in [-0.05, 0) is 98.1 Å². The van der Waals surface area contributed by atoms with Crippen LogP contribution >= 0.6 is 0 Å². The molecular formula is C37H53F3N8O2. The van der Waals surface area contributed by atoms with Crippen molar-refractivity contribution in [2.75, 3.05) is 19.6 Å². The predicted octanol–water partition coefficient (Wildman–Crippen LogP) is 6.49. The van der Waals surface area contributed by atoms with E-state index in [9.17, 15) is 18.0 Å². The topological polar surface area (TPSA) is 162 Å². The number of ether oxygens (including phenoxy) is 1. The molecule has 0 fully saturated rings. The normalized spacial score (nSPS) is 12.7. The Kier molecular flexibility index (Phi) is 13.7. The van der Waals surface area contributed by atoms with Crippen LogP contribution in [0, 0.1) is 0 Å². The zero-order valence-corrected chi connectivity index (χ0v) is 30.2. The standard InChI is InChI=1S/C22H31N7O.C15H22F3NO/c1-14(25-10-5-11-26-20(23)24)15-6-8-17(9-7-15)29-13-16-12-18(22(2,3)4)27-19(16)28-21(29)30;1-14(2,3)12-8-11(6-4-5-7-19)9-13(10-12)20-15(16,17)18/h6-9,12-14,25H,5,10-11H2,1-4H3,(H4,23,24,26)(H,27,28,30);8-10H,4-7,19H2,1-3H3/t14-;/m0./s1. The number of hydrogen-bond donors (Lipinski definition) is 5. The summed E-state index contributed by atoms with van der Waals surface area (Å²) in [5, 5.41) is 4.36. The third-order valence-electron chi connectivity index (χ3n) is 8.05. The summed E-state index contributed by atoms with van der Waals surface area (Å²) in [5.41, 5.74) is 20.8. The number of nitrogens with one attached hydrogen (secondary N) is 2. The van der Waals surface area contributed by atoms with Crippen molar-refractivity contribution in [3.05, 3.63) is 87.6 Å². The van der Waals surface area contributed by atoms with Crippen molar-refractivity contribution in [1.29, 1.82) is 0 Å². The van der Waals surface area contributed by atoms with Crippen molar-refractivity contribution in [3.63, 3.8) is 0 Å². The van der Waals surface area contributed by atoms with Gasteiger partial charge >= 0.3 is 12.1 Å². The molecule has 0 aliphatic carbocycles. The Labute approximate surface area is 292 Å². The highest BCUT2D eigenvalue weighted by Crippen LogP contribution is 2.31. The Balaban J connectivity index is 0.000000295. The molecule has 1 atom stereocenters. The lowest BCUT2D eigenvalue weighted by molar-refractivity contribution is -0.274. The maximum absolute atomic E-state index is 12.6. The van der Waals surface area contributed by atoms with Crippen LogP contribution in [0.15, 0.2) is 64.5 Å². The van der Waals surface area contributed by atoms with Gasteiger partial charge in [-0.3, -0.25) is 9.56 Å². The highest BCUT2D eigenvalue weighted by atomic mass is 19.4. The Morgan fingerprint density at radius 2 is 1.66 bits per heavy atom. The van der Waals surface area contributed by atoms with E-state index in [4.69, 9.17) is 17.2 Å². The third kappa shape index (κ3) is 12.5. The van der Waals surface area contributed by atoms with E-state index in [1.54, 1.807) is 4.57 Å². The van der Waals surface area contributed by atoms with Crippen LogP contribution in [0.2, 0.25) is 0 Å². The van der Waals surface area contributed by atoms with E-state index < -0.39 is 6.36 Å². The lowest BCUT2D eigenvalue weighted by Gasteiger charge is -2.21. The zero-order chi connectivity index (χ0) is 37.3. The van der Waals surface area contributed by atoms with Crippen molar-refractivity contribution >= 4 is 17.0 Å². The third-order valence-corrected chi connectivity index (χ3v) is 8.05. The van der Waals surface area contributed by atoms with Crippen molar-refractivity contribution in [3.8, 4) is 11.4 Å². The van der Waals surface area contributed by atoms with Crippen molar-refractivity contribution in [2.24, 2.45) is 22.2 Å². The van der Waals surface area contributed by atoms with Gasteiger partial charge < -0.3 is 32.2 Å². The smallest absolute Gasteiger partial charge is 0.406 e. The number of nitrogens with zero attached hydrogens (tertiary/aromatic N) is 3. The molecule has 274 valence electrons. The first-order valence-corrected chi connectivity index (χ1v) is 16.9. The number of H-pyrrole nitrogens is 1. The second-order valence-electron chi connectivity index (χ2n) is 14.5. The van der Waals surface area contributed by atoms with Crippen molar-refractivity contribution < 1.29 is 17.9 Å². The van der Waals surface area contributed by atoms with Crippen LogP contribution in [0.25, 0.3) is 16.7 Å². The molecule has 0 saturated carbocycles. The summed E-state index contributed by atoms with van der Waals surface area (Å²) in [7, 11) is 0. The Morgan fingerprint density at radius 3 is 2.24 bits per heavy atom. The van der Waals surface area contributed by atoms with Gasteiger partial charge in [-0.1, -0.05) is 59.7 Å². The fourth-order valence-corrected chi connectivity index (χ4v) is 5.13. The molecular weight excluding hydrogens is 645 g/mol. The second-order valence-corrected chi connectivity index (χ2v) is 14.5. The monoisotopic (exact) mass is 698 g/mol. The number of guanidine groups is 1. The molecule has 0 unspecified atom stereocenters. The molecule has 0 bridgehead atoms. The van der Waals surface area contributed by atoms with Gasteiger partial charge in [-0.2, -0.15) is 4.98 Å². The molecule has 0 aliphatic rings. The summed E-state index contributed by atoms with van der Waals surface area (Å²) in [5.74, 6) is -0.0245. The first kappa shape index (κ1) is 40.1. The predicted molar refractivity (Wildman–Crippen MR) is 196 cm³/mol. The lowest BCUT2D eigenvalue weighted by Crippen LogP contribution is -2.24. The Morgan fingerprint density at radius 1 is 0.980 bits per heavy atom. The lowest BCUT2D eigenvalue weighted by atomic mass is 9.85. The fourth-order valence-electron chi connectivity index (χ4n) is 5.13. The van der Waals surface area contributed by atoms with E-state index in [-0.39, 0.29) is 34.3 Å². The largest absolute Gasteiger partial charge is 0.573 e. The first-order valence-electron chi connectivity index (χ1n) is 16.9. The van der Waals surface area contributed by atoms with Crippen molar-refractivity contribution in [1.82, 2.24) is 19.9 Å². The maximum atomic E-state index is 12.6. The fraction of sp³-hybridized carbons (Fsp3) is 0.486. The van der Waals surface area contributed by atoms with Gasteiger partial charge in [-0.25, -0.2) is 4.79 Å². The number of halogens is 3. The van der Waals surface area contributed by atoms with Crippen molar-refractivity contribution in [2.45, 2.75) is 97.4 Å². The Hall–Kier alpha value is -4.36. The molecule has 8 N–H and O–H groups in total. The minimum Gasteiger partial charge on any atom is -0.406 e. The molecule has 2 aromatic carbocycles. The number of rotatable bonds is 12. The molecule has 10 nitrogen and oxygen atoms in total. The number of aliphatic imine (C=N–C) groups is 1. The van der Waals surface area contributed by atoms with E-state index in [2.05, 4.69) is 58.8 Å². The van der Waals surface area contributed by atoms with Gasteiger partial charge in [-0.15, -0.1) is 13.2 Å². The van der Waals surface area contributed by atoms with E-state index in [0.29, 0.717) is 25.2 Å². The molecule has 0 saturated heterocycles. The molecule has 4 rings (SSSR count). The number of aromatic nitrogens is 3. The SMILES string of the molecule is CC(C)(C)c1cc(CCCCN)cc(OC(F)(F)F)c1.C[C@H](NCCCN=C(N)N)c1ccc(-n2cc3cc(C(C)(C)C)[nH]c3nc2=O)cc1. The quantitative estimate of drug-likeness (QED) is 0.0642. The summed E-state index contributed by atoms with van der Waals surface area (Å²) in [4.78, 5) is 24.0. The van der Waals surface area contributed by atoms with Crippen LogP contribution in [0.5, 0.6) is 5.75 Å². The molecule has 13 heteroatoms. The van der Waals surface area contributed by atoms with E-state index in [1.807, 2.05) is 57.3 Å². The number of nitrogens with two attached hydrogens (primary N) is 3. The van der Waals surface area contributed by atoms with E-state index >= 15 is 0 Å². The maximum Gasteiger partial charge on any atom is 0.573 e. The van der Waals surface area contributed by atoms with Gasteiger partial charge in [0.1, 0.15) is 11.4 Å². The van der Waals surface area contributed by atoms with Crippen LogP contribution in [0.4, 0.5) is 13.2 Å². The number of aromatic amines is 1. The summed E-state index contributed by atoms with van der Waals surface area (Å²) < 4.78 is 42.8. The summed E-state index contributed by atoms with van der Waals surface area (Å²) in [6.45, 7) is 16.4. The van der Waals surface area contributed by atoms with Crippen LogP contribution in [-0.2, 0) is 17.3 Å². The second kappa shape index (κ2) is 17.0. The number of alkyl halides is 3. The van der Waals surface area contributed by atoms with Gasteiger partial charge in [0, 0.05) is 35.3 Å².